The second kappa shape index (κ2) is 8.98. The van der Waals surface area contributed by atoms with Crippen LogP contribution in [0, 0.1) is 0 Å². The standard InChI is InChI=1S/C17H15N3O/c1-2-7-17-16(6-1)8-11-19-13-12-18-9-5-15-21-14-4-3-10-20-17/h1-15H. The second-order valence-corrected chi connectivity index (χ2v) is 3.88. The highest BCUT2D eigenvalue weighted by Gasteiger charge is 1.84. The molecule has 4 nitrogen and oxygen atoms in total. The molecular weight excluding hydrogens is 262 g/mol. The van der Waals surface area contributed by atoms with Crippen LogP contribution in [-0.4, -0.2) is 15.0 Å². The highest BCUT2D eigenvalue weighted by Crippen LogP contribution is 2.05. The zero-order valence-corrected chi connectivity index (χ0v) is 11.4. The number of benzene rings is 1. The monoisotopic (exact) mass is 277 g/mol. The van der Waals surface area contributed by atoms with E-state index in [0.29, 0.717) is 0 Å². The van der Waals surface area contributed by atoms with Gasteiger partial charge in [-0.3, -0.25) is 15.0 Å². The number of para-hydroxylation sites is 1. The molecular formula is C17H15N3O. The van der Waals surface area contributed by atoms with Gasteiger partial charge in [0.05, 0.1) is 18.0 Å². The first-order valence-electron chi connectivity index (χ1n) is 6.44. The van der Waals surface area contributed by atoms with Crippen LogP contribution in [0.3, 0.4) is 0 Å². The predicted octanol–water partition coefficient (Wildman–Crippen LogP) is 3.99. The van der Waals surface area contributed by atoms with Crippen LogP contribution >= 0.6 is 0 Å². The van der Waals surface area contributed by atoms with E-state index in [-0.39, 0.29) is 0 Å². The molecule has 0 atom stereocenters. The fraction of sp³-hybridized carbons (Fsp3) is 0. The van der Waals surface area contributed by atoms with Gasteiger partial charge < -0.3 is 4.42 Å². The van der Waals surface area contributed by atoms with E-state index in [1.165, 1.54) is 6.26 Å². The minimum atomic E-state index is 0.876. The molecule has 4 heteroatoms. The van der Waals surface area contributed by atoms with E-state index in [0.717, 1.165) is 10.9 Å². The zero-order chi connectivity index (χ0) is 14.6. The fourth-order valence-electron chi connectivity index (χ4n) is 1.49. The van der Waals surface area contributed by atoms with E-state index in [2.05, 4.69) is 15.0 Å². The van der Waals surface area contributed by atoms with Crippen molar-refractivity contribution < 1.29 is 4.42 Å². The molecule has 104 valence electrons. The second-order valence-electron chi connectivity index (χ2n) is 3.88. The molecule has 0 N–H and O–H groups in total. The topological polar surface area (TPSA) is 51.8 Å². The van der Waals surface area contributed by atoms with Gasteiger partial charge in [0.1, 0.15) is 0 Å². The van der Waals surface area contributed by atoms with Crippen LogP contribution in [0.15, 0.2) is 96.5 Å². The summed E-state index contributed by atoms with van der Waals surface area (Å²) in [5, 5.41) is 0.994. The first-order valence-corrected chi connectivity index (χ1v) is 6.44. The highest BCUT2D eigenvalue weighted by atomic mass is 16.3. The maximum Gasteiger partial charge on any atom is 0.0916 e. The molecule has 0 aliphatic carbocycles. The molecule has 0 saturated heterocycles. The third kappa shape index (κ3) is 5.65. The molecule has 1 heterocycles. The quantitative estimate of drug-likeness (QED) is 0.730. The Morgan fingerprint density at radius 3 is 2.38 bits per heavy atom. The first kappa shape index (κ1) is 14.4. The number of nitrogens with zero attached hydrogens (tertiary/aromatic N) is 3. The van der Waals surface area contributed by atoms with Crippen molar-refractivity contribution in [2.24, 2.45) is 0 Å². The molecule has 2 aromatic rings. The molecule has 1 aromatic heterocycles. The van der Waals surface area contributed by atoms with Gasteiger partial charge >= 0.3 is 0 Å². The zero-order valence-electron chi connectivity index (χ0n) is 11.4. The molecule has 21 heavy (non-hydrogen) atoms. The van der Waals surface area contributed by atoms with Crippen molar-refractivity contribution in [3.05, 3.63) is 92.0 Å². The lowest BCUT2D eigenvalue weighted by atomic mass is 10.2. The molecule has 0 bridgehead atoms. The summed E-state index contributed by atoms with van der Waals surface area (Å²) in [4.78, 5) is 12.5. The van der Waals surface area contributed by atoms with E-state index in [1.807, 2.05) is 30.3 Å². The van der Waals surface area contributed by atoms with Crippen LogP contribution in [0.25, 0.3) is 10.9 Å². The molecule has 0 saturated carbocycles. The van der Waals surface area contributed by atoms with E-state index in [1.54, 1.807) is 55.4 Å². The van der Waals surface area contributed by atoms with Crippen molar-refractivity contribution in [2.75, 3.05) is 0 Å². The Balaban J connectivity index is 2.56. The normalized spacial score (nSPS) is 8.95. The maximum absolute atomic E-state index is 5.12. The van der Waals surface area contributed by atoms with Gasteiger partial charge in [-0.15, -0.1) is 0 Å². The van der Waals surface area contributed by atoms with Gasteiger partial charge in [-0.1, -0.05) is 18.2 Å². The SMILES string of the molecule is c1ccocccnccnccc2ccccc2nc1. The van der Waals surface area contributed by atoms with Gasteiger partial charge in [0, 0.05) is 36.4 Å². The third-order valence-corrected chi connectivity index (χ3v) is 2.41. The van der Waals surface area contributed by atoms with Gasteiger partial charge in [0.2, 0.25) is 0 Å². The van der Waals surface area contributed by atoms with Gasteiger partial charge in [0.25, 0.3) is 0 Å². The number of rotatable bonds is 0. The summed E-state index contributed by atoms with van der Waals surface area (Å²) >= 11 is 0. The van der Waals surface area contributed by atoms with Gasteiger partial charge in [-0.2, -0.15) is 0 Å². The van der Waals surface area contributed by atoms with E-state index < -0.39 is 0 Å². The van der Waals surface area contributed by atoms with Crippen molar-refractivity contribution in [2.45, 2.75) is 0 Å². The van der Waals surface area contributed by atoms with Crippen LogP contribution in [0.2, 0.25) is 0 Å². The van der Waals surface area contributed by atoms with Crippen molar-refractivity contribution >= 4 is 10.9 Å². The lowest BCUT2D eigenvalue weighted by Gasteiger charge is -1.88. The minimum absolute atomic E-state index is 0.876. The Kier molecular flexibility index (Phi) is 6.16. The Morgan fingerprint density at radius 2 is 1.43 bits per heavy atom. The lowest BCUT2D eigenvalue weighted by molar-refractivity contribution is 0.554. The molecule has 1 aromatic carbocycles. The minimum Gasteiger partial charge on any atom is -0.473 e. The van der Waals surface area contributed by atoms with E-state index >= 15 is 0 Å². The van der Waals surface area contributed by atoms with Crippen molar-refractivity contribution in [1.29, 1.82) is 0 Å². The molecule has 0 amide bonds. The van der Waals surface area contributed by atoms with E-state index in [9.17, 15) is 0 Å². The summed E-state index contributed by atoms with van der Waals surface area (Å²) in [7, 11) is 0. The van der Waals surface area contributed by atoms with Gasteiger partial charge in [-0.25, -0.2) is 0 Å². The maximum atomic E-state index is 5.12. The molecule has 0 radical (unpaired) electrons. The number of hydrogen-bond donors (Lipinski definition) is 0. The Labute approximate surface area is 123 Å². The van der Waals surface area contributed by atoms with Crippen LogP contribution in [0.5, 0.6) is 0 Å². The average molecular weight is 277 g/mol. The predicted molar refractivity (Wildman–Crippen MR) is 82.5 cm³/mol. The number of hydrogen-bond acceptors (Lipinski definition) is 4. The van der Waals surface area contributed by atoms with Crippen LogP contribution in [0.1, 0.15) is 0 Å². The van der Waals surface area contributed by atoms with Gasteiger partial charge in [-0.05, 0) is 30.3 Å². The summed E-state index contributed by atoms with van der Waals surface area (Å²) in [5.74, 6) is 0. The summed E-state index contributed by atoms with van der Waals surface area (Å²) in [5.41, 5.74) is 0.876. The summed E-state index contributed by atoms with van der Waals surface area (Å²) in [6, 6.07) is 15.0. The molecule has 2 rings (SSSR count). The average Bonchev–Trinajstić information content (AvgIpc) is 2.52. The number of fused-ring (bicyclic) bond motifs is 1. The van der Waals surface area contributed by atoms with Crippen LogP contribution in [-0.2, 0) is 0 Å². The Bertz CT molecular complexity index is 678. The molecule has 0 aliphatic rings. The molecule has 0 fully saturated rings. The third-order valence-electron chi connectivity index (χ3n) is 2.41. The summed E-state index contributed by atoms with van der Waals surface area (Å²) in [6.07, 6.45) is 11.3. The van der Waals surface area contributed by atoms with Crippen molar-refractivity contribution in [1.82, 2.24) is 15.0 Å². The Morgan fingerprint density at radius 1 is 0.619 bits per heavy atom. The highest BCUT2D eigenvalue weighted by molar-refractivity contribution is 5.76. The molecule has 0 aliphatic heterocycles. The Hall–Kier alpha value is -3.01. The first-order chi connectivity index (χ1) is 10.5. The van der Waals surface area contributed by atoms with Crippen molar-refractivity contribution in [3.8, 4) is 0 Å². The van der Waals surface area contributed by atoms with Gasteiger partial charge in [0.15, 0.2) is 0 Å². The fourth-order valence-corrected chi connectivity index (χ4v) is 1.49. The van der Waals surface area contributed by atoms with E-state index in [4.69, 9.17) is 4.42 Å². The molecule has 0 unspecified atom stereocenters. The lowest BCUT2D eigenvalue weighted by Crippen LogP contribution is -1.70. The smallest absolute Gasteiger partial charge is 0.0916 e. The van der Waals surface area contributed by atoms with Crippen LogP contribution < -0.4 is 0 Å². The van der Waals surface area contributed by atoms with Crippen LogP contribution in [0.4, 0.5) is 0 Å². The summed E-state index contributed by atoms with van der Waals surface area (Å²) < 4.78 is 5.12. The number of aromatic nitrogens is 3. The largest absolute Gasteiger partial charge is 0.473 e. The summed E-state index contributed by atoms with van der Waals surface area (Å²) in [6.45, 7) is 0. The molecule has 0 spiro atoms. The van der Waals surface area contributed by atoms with Crippen molar-refractivity contribution in [3.63, 3.8) is 0 Å².